The summed E-state index contributed by atoms with van der Waals surface area (Å²) in [4.78, 5) is 89.9. The van der Waals surface area contributed by atoms with Gasteiger partial charge in [-0.2, -0.15) is 0 Å². The van der Waals surface area contributed by atoms with E-state index >= 15 is 0 Å². The van der Waals surface area contributed by atoms with Gasteiger partial charge in [0.25, 0.3) is 0 Å². The van der Waals surface area contributed by atoms with Crippen molar-refractivity contribution >= 4 is 81.1 Å². The van der Waals surface area contributed by atoms with Gasteiger partial charge in [0, 0.05) is 48.6 Å². The number of thiazole rings is 1. The largest absolute Gasteiger partial charge is 0.391 e. The lowest BCUT2D eigenvalue weighted by molar-refractivity contribution is -0.144. The van der Waals surface area contributed by atoms with E-state index in [1.807, 2.05) is 112 Å². The summed E-state index contributed by atoms with van der Waals surface area (Å²) in [5, 5.41) is 24.5. The van der Waals surface area contributed by atoms with Crippen LogP contribution in [0.3, 0.4) is 0 Å². The van der Waals surface area contributed by atoms with Gasteiger partial charge in [0.05, 0.1) is 28.2 Å². The molecule has 0 radical (unpaired) electrons. The summed E-state index contributed by atoms with van der Waals surface area (Å²) in [6, 6.07) is 25.3. The number of aliphatic hydroxyl groups is 1. The molecule has 14 nitrogen and oxygen atoms in total. The molecular weight excluding hydrogens is 982 g/mol. The third-order valence-corrected chi connectivity index (χ3v) is 15.2. The molecule has 2 aromatic heterocycles. The highest BCUT2D eigenvalue weighted by Gasteiger charge is 2.45. The zero-order valence-corrected chi connectivity index (χ0v) is 44.9. The number of carbonyl (C=O) groups is 6. The summed E-state index contributed by atoms with van der Waals surface area (Å²) < 4.78 is 0. The number of unbranched alkanes of at least 4 members (excludes halogenated alkanes) is 6. The van der Waals surface area contributed by atoms with Crippen LogP contribution >= 0.6 is 34.3 Å². The van der Waals surface area contributed by atoms with Crippen molar-refractivity contribution in [1.29, 1.82) is 0 Å². The molecule has 1 saturated heterocycles. The number of anilines is 2. The van der Waals surface area contributed by atoms with Gasteiger partial charge < -0.3 is 31.3 Å². The number of β-amino-alcohol motifs (C(OH)–C–C–N with tert-alkyl or cyclic N) is 1. The minimum absolute atomic E-state index is 0.00523. The van der Waals surface area contributed by atoms with Crippen molar-refractivity contribution in [3.8, 4) is 10.4 Å². The van der Waals surface area contributed by atoms with E-state index in [4.69, 9.17) is 11.6 Å². The molecule has 1 fully saturated rings. The van der Waals surface area contributed by atoms with Crippen LogP contribution in [0, 0.1) is 12.3 Å². The summed E-state index contributed by atoms with van der Waals surface area (Å²) in [6.07, 6.45) is 6.40. The SMILES string of the molecule is Cc1ncsc1-c1ccc([C@H](C)NC(=O)[C@@H]2C[C@@H](O)CN2C(=O)[C@@H](NC(=O)CCCCCCCCCC(=O)Nc2ccc(N(C(=O)CCl)C(C(=O)NCCc3ccccc3)c3cccs3)cc2)C(C)(C)C)cc1. The van der Waals surface area contributed by atoms with Gasteiger partial charge in [-0.05, 0) is 90.9 Å². The van der Waals surface area contributed by atoms with E-state index < -0.39 is 35.6 Å². The maximum atomic E-state index is 14.1. The van der Waals surface area contributed by atoms with Crippen molar-refractivity contribution in [2.75, 3.05) is 29.2 Å². The van der Waals surface area contributed by atoms with Crippen LogP contribution in [0.2, 0.25) is 0 Å². The topological polar surface area (TPSA) is 190 Å². The minimum Gasteiger partial charge on any atom is -0.391 e. The molecule has 0 aliphatic carbocycles. The van der Waals surface area contributed by atoms with Gasteiger partial charge in [0.2, 0.25) is 35.4 Å². The van der Waals surface area contributed by atoms with E-state index in [0.717, 1.165) is 59.4 Å². The lowest BCUT2D eigenvalue weighted by atomic mass is 9.85. The molecule has 5 N–H and O–H groups in total. The molecule has 0 bridgehead atoms. The maximum Gasteiger partial charge on any atom is 0.248 e. The summed E-state index contributed by atoms with van der Waals surface area (Å²) in [5.41, 5.74) is 6.22. The number of carbonyl (C=O) groups excluding carboxylic acids is 6. The van der Waals surface area contributed by atoms with Crippen molar-refractivity contribution in [2.24, 2.45) is 5.41 Å². The number of thiophene rings is 1. The Balaban J connectivity index is 0.888. The number of hydrogen-bond acceptors (Lipinski definition) is 10. The van der Waals surface area contributed by atoms with Crippen molar-refractivity contribution in [2.45, 2.75) is 136 Å². The van der Waals surface area contributed by atoms with Gasteiger partial charge in [0.15, 0.2) is 0 Å². The molecule has 6 rings (SSSR count). The highest BCUT2D eigenvalue weighted by atomic mass is 35.5. The van der Waals surface area contributed by atoms with Crippen LogP contribution in [-0.2, 0) is 35.2 Å². The molecule has 73 heavy (non-hydrogen) atoms. The summed E-state index contributed by atoms with van der Waals surface area (Å²) >= 11 is 9.04. The first-order valence-electron chi connectivity index (χ1n) is 25.3. The molecular formula is C56H70ClN7O7S2. The summed E-state index contributed by atoms with van der Waals surface area (Å²) in [7, 11) is 0. The fourth-order valence-electron chi connectivity index (χ4n) is 9.03. The fraction of sp³-hybridized carbons (Fsp3) is 0.446. The first-order chi connectivity index (χ1) is 35.0. The van der Waals surface area contributed by atoms with Gasteiger partial charge in [-0.3, -0.25) is 33.7 Å². The van der Waals surface area contributed by atoms with Crippen molar-refractivity contribution in [3.63, 3.8) is 0 Å². The number of rotatable bonds is 25. The standard InChI is InChI=1S/C56H70ClN7O7S2/c1-37(40-22-24-41(25-23-40)51-38(2)59-36-73-51)60-53(69)45-33-44(65)35-63(45)55(71)52(56(3,4)5)62-48(67)21-15-10-8-6-7-9-14-20-47(66)61-42-26-28-43(29-27-42)64(49(68)34-57)50(46-19-16-32-72-46)54(70)58-31-30-39-17-12-11-13-18-39/h11-13,16-19,22-29,32,36-37,44-45,50,52,65H,6-10,14-15,20-21,30-31,33-35H2,1-5H3,(H,58,70)(H,60,69)(H,61,66)(H,62,67)/t37-,44+,45-,50?,52+/m0/s1. The maximum absolute atomic E-state index is 14.1. The number of hydrogen-bond donors (Lipinski definition) is 5. The van der Waals surface area contributed by atoms with Crippen molar-refractivity contribution < 1.29 is 33.9 Å². The average molecular weight is 1050 g/mol. The number of alkyl halides is 1. The number of nitrogens with zero attached hydrogens (tertiary/aromatic N) is 3. The van der Waals surface area contributed by atoms with E-state index in [-0.39, 0.29) is 60.8 Å². The number of aromatic nitrogens is 1. The molecule has 0 spiro atoms. The molecule has 0 saturated carbocycles. The Morgan fingerprint density at radius 1 is 0.822 bits per heavy atom. The average Bonchev–Trinajstić information content (AvgIpc) is 4.16. The molecule has 1 aliphatic heterocycles. The predicted molar refractivity (Wildman–Crippen MR) is 291 cm³/mol. The van der Waals surface area contributed by atoms with E-state index in [1.165, 1.54) is 21.1 Å². The third kappa shape index (κ3) is 16.3. The van der Waals surface area contributed by atoms with E-state index in [0.29, 0.717) is 48.5 Å². The number of amides is 6. The van der Waals surface area contributed by atoms with Crippen LogP contribution in [0.4, 0.5) is 11.4 Å². The fourth-order valence-corrected chi connectivity index (χ4v) is 10.8. The van der Waals surface area contributed by atoms with Gasteiger partial charge in [-0.25, -0.2) is 4.98 Å². The molecule has 1 unspecified atom stereocenters. The lowest BCUT2D eigenvalue weighted by Gasteiger charge is -2.35. The Bertz CT molecular complexity index is 2590. The van der Waals surface area contributed by atoms with Crippen molar-refractivity contribution in [3.05, 3.63) is 124 Å². The second kappa shape index (κ2) is 27.4. The predicted octanol–water partition coefficient (Wildman–Crippen LogP) is 9.67. The van der Waals surface area contributed by atoms with E-state index in [9.17, 15) is 33.9 Å². The monoisotopic (exact) mass is 1050 g/mol. The first-order valence-corrected chi connectivity index (χ1v) is 27.5. The zero-order chi connectivity index (χ0) is 52.5. The van der Waals surface area contributed by atoms with Crippen LogP contribution in [0.1, 0.15) is 126 Å². The number of aliphatic hydroxyl groups excluding tert-OH is 1. The summed E-state index contributed by atoms with van der Waals surface area (Å²) in [5.74, 6) is -2.16. The molecule has 6 amide bonds. The van der Waals surface area contributed by atoms with Crippen LogP contribution < -0.4 is 26.2 Å². The van der Waals surface area contributed by atoms with Crippen LogP contribution in [0.15, 0.2) is 102 Å². The quantitative estimate of drug-likeness (QED) is 0.0282. The third-order valence-electron chi connectivity index (χ3n) is 13.1. The zero-order valence-electron chi connectivity index (χ0n) is 42.5. The van der Waals surface area contributed by atoms with Gasteiger partial charge in [-0.15, -0.1) is 34.3 Å². The molecule has 390 valence electrons. The Morgan fingerprint density at radius 3 is 2.08 bits per heavy atom. The number of benzene rings is 3. The first kappa shape index (κ1) is 56.4. The van der Waals surface area contributed by atoms with Crippen molar-refractivity contribution in [1.82, 2.24) is 25.8 Å². The highest BCUT2D eigenvalue weighted by molar-refractivity contribution is 7.13. The Labute approximate surface area is 442 Å². The number of nitrogens with one attached hydrogen (secondary N) is 4. The molecule has 3 heterocycles. The van der Waals surface area contributed by atoms with Crippen LogP contribution in [0.5, 0.6) is 0 Å². The van der Waals surface area contributed by atoms with Gasteiger partial charge >= 0.3 is 0 Å². The number of likely N-dealkylation sites (tertiary alicyclic amines) is 1. The molecule has 1 aliphatic rings. The second-order valence-electron chi connectivity index (χ2n) is 19.8. The van der Waals surface area contributed by atoms with Crippen LogP contribution in [-0.4, -0.2) is 87.6 Å². The second-order valence-corrected chi connectivity index (χ2v) is 21.9. The van der Waals surface area contributed by atoms with Gasteiger partial charge in [0.1, 0.15) is 24.0 Å². The minimum atomic E-state index is -0.926. The smallest absolute Gasteiger partial charge is 0.248 e. The van der Waals surface area contributed by atoms with Gasteiger partial charge in [-0.1, -0.05) is 114 Å². The molecule has 17 heteroatoms. The lowest BCUT2D eigenvalue weighted by Crippen LogP contribution is -2.57. The Morgan fingerprint density at radius 2 is 1.48 bits per heavy atom. The van der Waals surface area contributed by atoms with E-state index in [2.05, 4.69) is 26.3 Å². The van der Waals surface area contributed by atoms with E-state index in [1.54, 1.807) is 35.6 Å². The summed E-state index contributed by atoms with van der Waals surface area (Å²) in [6.45, 7) is 9.89. The highest BCUT2D eigenvalue weighted by Crippen LogP contribution is 2.33. The normalized spacial score (nSPS) is 15.7. The number of halogens is 1. The number of aryl methyl sites for hydroxylation is 1. The molecule has 3 aromatic carbocycles. The molecule has 5 aromatic rings. The Kier molecular flexibility index (Phi) is 21.1. The van der Waals surface area contributed by atoms with Crippen LogP contribution in [0.25, 0.3) is 10.4 Å². The Hall–Kier alpha value is -5.94. The molecule has 5 atom stereocenters.